The zero-order chi connectivity index (χ0) is 10.3. The molecule has 0 spiro atoms. The van der Waals surface area contributed by atoms with E-state index in [4.69, 9.17) is 5.11 Å². The number of carbonyl (C=O) groups is 2. The SMILES string of the molecule is CCC(=O)N[C@@H]([C]=O)CCC(=O)O. The second-order valence-corrected chi connectivity index (χ2v) is 2.52. The Morgan fingerprint density at radius 3 is 2.54 bits per heavy atom. The summed E-state index contributed by atoms with van der Waals surface area (Å²) in [5.41, 5.74) is 0. The lowest BCUT2D eigenvalue weighted by molar-refractivity contribution is -0.137. The zero-order valence-corrected chi connectivity index (χ0v) is 7.37. The quantitative estimate of drug-likeness (QED) is 0.604. The maximum atomic E-state index is 10.8. The third-order valence-electron chi connectivity index (χ3n) is 1.45. The van der Waals surface area contributed by atoms with Gasteiger partial charge in [0.05, 0.1) is 6.04 Å². The van der Waals surface area contributed by atoms with Crippen LogP contribution >= 0.6 is 0 Å². The number of rotatable bonds is 6. The Labute approximate surface area is 76.1 Å². The Morgan fingerprint density at radius 1 is 1.54 bits per heavy atom. The van der Waals surface area contributed by atoms with Gasteiger partial charge in [0.25, 0.3) is 0 Å². The third-order valence-corrected chi connectivity index (χ3v) is 1.45. The fraction of sp³-hybridized carbons (Fsp3) is 0.625. The summed E-state index contributed by atoms with van der Waals surface area (Å²) in [7, 11) is 0. The topological polar surface area (TPSA) is 83.5 Å². The van der Waals surface area contributed by atoms with Crippen LogP contribution in [0.2, 0.25) is 0 Å². The molecular weight excluding hydrogens is 174 g/mol. The molecule has 5 nitrogen and oxygen atoms in total. The molecule has 0 unspecified atom stereocenters. The van der Waals surface area contributed by atoms with E-state index in [2.05, 4.69) is 5.32 Å². The van der Waals surface area contributed by atoms with E-state index in [0.717, 1.165) is 0 Å². The normalized spacial score (nSPS) is 11.8. The number of amides is 1. The highest BCUT2D eigenvalue weighted by molar-refractivity contribution is 5.79. The van der Waals surface area contributed by atoms with Crippen LogP contribution in [-0.4, -0.2) is 29.3 Å². The molecule has 0 heterocycles. The first kappa shape index (κ1) is 11.6. The number of hydrogen-bond donors (Lipinski definition) is 2. The zero-order valence-electron chi connectivity index (χ0n) is 7.37. The minimum atomic E-state index is -0.994. The fourth-order valence-corrected chi connectivity index (χ4v) is 0.725. The summed E-state index contributed by atoms with van der Waals surface area (Å²) in [4.78, 5) is 31.2. The minimum Gasteiger partial charge on any atom is -0.481 e. The van der Waals surface area contributed by atoms with Crippen molar-refractivity contribution in [2.24, 2.45) is 0 Å². The molecule has 0 aromatic heterocycles. The molecule has 0 aliphatic heterocycles. The first-order chi connectivity index (χ1) is 6.10. The van der Waals surface area contributed by atoms with E-state index in [1.165, 1.54) is 0 Å². The Morgan fingerprint density at radius 2 is 2.15 bits per heavy atom. The molecule has 13 heavy (non-hydrogen) atoms. The summed E-state index contributed by atoms with van der Waals surface area (Å²) in [5, 5.41) is 10.7. The number of carboxylic acid groups (broad SMARTS) is 1. The molecule has 0 aliphatic carbocycles. The smallest absolute Gasteiger partial charge is 0.303 e. The van der Waals surface area contributed by atoms with Crippen molar-refractivity contribution < 1.29 is 19.5 Å². The van der Waals surface area contributed by atoms with Gasteiger partial charge in [0.15, 0.2) is 0 Å². The van der Waals surface area contributed by atoms with Gasteiger partial charge in [-0.2, -0.15) is 0 Å². The van der Waals surface area contributed by atoms with Gasteiger partial charge in [0, 0.05) is 12.8 Å². The summed E-state index contributed by atoms with van der Waals surface area (Å²) < 4.78 is 0. The van der Waals surface area contributed by atoms with Crippen LogP contribution < -0.4 is 5.32 Å². The van der Waals surface area contributed by atoms with Crippen LogP contribution in [0, 0.1) is 0 Å². The Kier molecular flexibility index (Phi) is 5.50. The second kappa shape index (κ2) is 6.16. The van der Waals surface area contributed by atoms with Gasteiger partial charge in [-0.25, -0.2) is 0 Å². The fourth-order valence-electron chi connectivity index (χ4n) is 0.725. The molecule has 0 aliphatic rings. The van der Waals surface area contributed by atoms with E-state index < -0.39 is 12.0 Å². The molecule has 2 N–H and O–H groups in total. The van der Waals surface area contributed by atoms with Gasteiger partial charge < -0.3 is 10.4 Å². The highest BCUT2D eigenvalue weighted by atomic mass is 16.4. The summed E-state index contributed by atoms with van der Waals surface area (Å²) >= 11 is 0. The van der Waals surface area contributed by atoms with Crippen molar-refractivity contribution in [1.29, 1.82) is 0 Å². The molecule has 0 saturated heterocycles. The first-order valence-electron chi connectivity index (χ1n) is 3.99. The van der Waals surface area contributed by atoms with Crippen molar-refractivity contribution in [3.63, 3.8) is 0 Å². The number of hydrogen-bond acceptors (Lipinski definition) is 3. The molecule has 1 amide bonds. The number of aliphatic carboxylic acids is 1. The van der Waals surface area contributed by atoms with Crippen LogP contribution in [0.15, 0.2) is 0 Å². The monoisotopic (exact) mass is 186 g/mol. The van der Waals surface area contributed by atoms with Crippen molar-refractivity contribution in [2.75, 3.05) is 0 Å². The van der Waals surface area contributed by atoms with Gasteiger partial charge in [-0.3, -0.25) is 14.4 Å². The Hall–Kier alpha value is -1.39. The van der Waals surface area contributed by atoms with Crippen molar-refractivity contribution in [3.8, 4) is 0 Å². The largest absolute Gasteiger partial charge is 0.481 e. The average molecular weight is 186 g/mol. The lowest BCUT2D eigenvalue weighted by atomic mass is 10.2. The molecule has 0 bridgehead atoms. The maximum absolute atomic E-state index is 10.8. The molecule has 5 heteroatoms. The van der Waals surface area contributed by atoms with Gasteiger partial charge in [-0.1, -0.05) is 6.92 Å². The van der Waals surface area contributed by atoms with E-state index in [0.29, 0.717) is 0 Å². The van der Waals surface area contributed by atoms with E-state index in [1.54, 1.807) is 13.2 Å². The summed E-state index contributed by atoms with van der Waals surface area (Å²) in [6.07, 6.45) is 1.79. The van der Waals surface area contributed by atoms with E-state index in [9.17, 15) is 14.4 Å². The van der Waals surface area contributed by atoms with Crippen LogP contribution in [0.3, 0.4) is 0 Å². The first-order valence-corrected chi connectivity index (χ1v) is 3.99. The van der Waals surface area contributed by atoms with Gasteiger partial charge >= 0.3 is 5.97 Å². The molecule has 0 aromatic rings. The summed E-state index contributed by atoms with van der Waals surface area (Å²) in [6.45, 7) is 1.65. The lowest BCUT2D eigenvalue weighted by Crippen LogP contribution is -2.35. The van der Waals surface area contributed by atoms with Crippen LogP contribution in [0.1, 0.15) is 26.2 Å². The standard InChI is InChI=1S/C8H12NO4/c1-2-7(11)9-6(5-10)3-4-8(12)13/h6H,2-4H2,1H3,(H,9,11)(H,12,13)/t6-/m1/s1. The maximum Gasteiger partial charge on any atom is 0.303 e. The van der Waals surface area contributed by atoms with Gasteiger partial charge in [0.1, 0.15) is 0 Å². The van der Waals surface area contributed by atoms with Crippen LogP contribution in [0.5, 0.6) is 0 Å². The molecular formula is C8H12NO4. The predicted octanol–water partition coefficient (Wildman–Crippen LogP) is -0.144. The van der Waals surface area contributed by atoms with Crippen LogP contribution in [-0.2, 0) is 14.4 Å². The number of nitrogens with one attached hydrogen (secondary N) is 1. The molecule has 1 atom stereocenters. The third kappa shape index (κ3) is 5.84. The molecule has 0 saturated carbocycles. The highest BCUT2D eigenvalue weighted by Gasteiger charge is 2.12. The minimum absolute atomic E-state index is 0.0879. The van der Waals surface area contributed by atoms with Crippen LogP contribution in [0.25, 0.3) is 0 Å². The molecule has 0 aromatic carbocycles. The molecule has 0 fully saturated rings. The molecule has 1 radical (unpaired) electrons. The molecule has 73 valence electrons. The van der Waals surface area contributed by atoms with E-state index in [1.807, 2.05) is 0 Å². The Bertz CT molecular complexity index is 202. The van der Waals surface area contributed by atoms with Crippen LogP contribution in [0.4, 0.5) is 0 Å². The average Bonchev–Trinajstić information content (AvgIpc) is 2.11. The molecule has 0 rings (SSSR count). The summed E-state index contributed by atoms with van der Waals surface area (Å²) in [5.74, 6) is -1.27. The van der Waals surface area contributed by atoms with Crippen molar-refractivity contribution >= 4 is 18.2 Å². The Balaban J connectivity index is 3.82. The van der Waals surface area contributed by atoms with Gasteiger partial charge in [0.2, 0.25) is 12.2 Å². The summed E-state index contributed by atoms with van der Waals surface area (Å²) in [6, 6.07) is -0.802. The van der Waals surface area contributed by atoms with Crippen molar-refractivity contribution in [1.82, 2.24) is 5.32 Å². The number of carboxylic acids is 1. The van der Waals surface area contributed by atoms with Gasteiger partial charge in [-0.15, -0.1) is 0 Å². The number of carbonyl (C=O) groups excluding carboxylic acids is 2. The van der Waals surface area contributed by atoms with E-state index >= 15 is 0 Å². The lowest BCUT2D eigenvalue weighted by Gasteiger charge is -2.08. The van der Waals surface area contributed by atoms with Crippen molar-refractivity contribution in [2.45, 2.75) is 32.2 Å². The highest BCUT2D eigenvalue weighted by Crippen LogP contribution is 1.95. The van der Waals surface area contributed by atoms with E-state index in [-0.39, 0.29) is 25.2 Å². The van der Waals surface area contributed by atoms with Crippen molar-refractivity contribution in [3.05, 3.63) is 0 Å². The second-order valence-electron chi connectivity index (χ2n) is 2.52. The predicted molar refractivity (Wildman–Crippen MR) is 44.8 cm³/mol. The van der Waals surface area contributed by atoms with Gasteiger partial charge in [-0.05, 0) is 6.42 Å².